The highest BCUT2D eigenvalue weighted by atomic mass is 16.9. The van der Waals surface area contributed by atoms with Crippen LogP contribution < -0.4 is 15.7 Å². The van der Waals surface area contributed by atoms with Gasteiger partial charge in [-0.1, -0.05) is 25.1 Å². The Bertz CT molecular complexity index is 1230. The second-order valence-corrected chi connectivity index (χ2v) is 9.56. The van der Waals surface area contributed by atoms with Gasteiger partial charge in [0.05, 0.1) is 17.5 Å². The first-order valence-corrected chi connectivity index (χ1v) is 12.6. The molecule has 1 saturated heterocycles. The van der Waals surface area contributed by atoms with Gasteiger partial charge in [-0.05, 0) is 81.3 Å². The highest BCUT2D eigenvalue weighted by Crippen LogP contribution is 2.26. The van der Waals surface area contributed by atoms with Crippen LogP contribution in [0, 0.1) is 6.92 Å². The lowest BCUT2D eigenvalue weighted by Crippen LogP contribution is -2.56. The van der Waals surface area contributed by atoms with Crippen molar-refractivity contribution in [1.82, 2.24) is 20.8 Å². The number of para-hydroxylation sites is 1. The van der Waals surface area contributed by atoms with Crippen LogP contribution in [-0.2, 0) is 16.2 Å². The van der Waals surface area contributed by atoms with Crippen molar-refractivity contribution in [3.8, 4) is 5.75 Å². The first-order chi connectivity index (χ1) is 17.9. The minimum absolute atomic E-state index is 0.0523. The van der Waals surface area contributed by atoms with Crippen molar-refractivity contribution in [1.29, 1.82) is 0 Å². The molecule has 2 heterocycles. The molecule has 1 aliphatic rings. The van der Waals surface area contributed by atoms with Crippen LogP contribution in [0.25, 0.3) is 10.9 Å². The van der Waals surface area contributed by atoms with Gasteiger partial charge in [0.1, 0.15) is 12.4 Å². The molecule has 0 saturated carbocycles. The predicted molar refractivity (Wildman–Crippen MR) is 139 cm³/mol. The molecule has 196 valence electrons. The monoisotopic (exact) mass is 506 g/mol. The Morgan fingerprint density at radius 3 is 2.68 bits per heavy atom. The number of fused-ring (bicyclic) bond motifs is 1. The summed E-state index contributed by atoms with van der Waals surface area (Å²) in [5, 5.41) is 12.9. The lowest BCUT2D eigenvalue weighted by Gasteiger charge is -2.36. The maximum absolute atomic E-state index is 13.2. The van der Waals surface area contributed by atoms with Crippen molar-refractivity contribution in [2.45, 2.75) is 51.7 Å². The zero-order valence-corrected chi connectivity index (χ0v) is 21.3. The number of aryl methyl sites for hydroxylation is 1. The van der Waals surface area contributed by atoms with Gasteiger partial charge in [0.2, 0.25) is 0 Å². The molecule has 0 bridgehead atoms. The molecule has 1 aromatic heterocycles. The van der Waals surface area contributed by atoms with Crippen LogP contribution in [0.2, 0.25) is 0 Å². The summed E-state index contributed by atoms with van der Waals surface area (Å²) in [6.07, 6.45) is 2.43. The molecule has 1 unspecified atom stereocenters. The number of hydrogen-bond donors (Lipinski definition) is 3. The number of carbonyl (C=O) groups is 2. The van der Waals surface area contributed by atoms with E-state index in [-0.39, 0.29) is 12.3 Å². The minimum Gasteiger partial charge on any atom is -0.489 e. The molecule has 1 aliphatic heterocycles. The summed E-state index contributed by atoms with van der Waals surface area (Å²) in [6.45, 7) is 6.63. The third-order valence-corrected chi connectivity index (χ3v) is 6.81. The smallest absolute Gasteiger partial charge is 0.330 e. The fraction of sp³-hybridized carbons (Fsp3) is 0.393. The van der Waals surface area contributed by atoms with Crippen molar-refractivity contribution in [3.63, 3.8) is 0 Å². The first-order valence-electron chi connectivity index (χ1n) is 12.6. The molecule has 0 spiro atoms. The van der Waals surface area contributed by atoms with E-state index in [4.69, 9.17) is 9.94 Å². The maximum atomic E-state index is 13.2. The van der Waals surface area contributed by atoms with E-state index in [9.17, 15) is 9.59 Å². The molecule has 37 heavy (non-hydrogen) atoms. The van der Waals surface area contributed by atoms with Gasteiger partial charge in [-0.2, -0.15) is 0 Å². The van der Waals surface area contributed by atoms with Gasteiger partial charge >= 0.3 is 5.97 Å². The van der Waals surface area contributed by atoms with Gasteiger partial charge in [-0.25, -0.2) is 0 Å². The molecule has 9 nitrogen and oxygen atoms in total. The van der Waals surface area contributed by atoms with Crippen molar-refractivity contribution in [3.05, 3.63) is 71.4 Å². The molecular weight excluding hydrogens is 472 g/mol. The Morgan fingerprint density at radius 1 is 1.14 bits per heavy atom. The number of hydrogen-bond acceptors (Lipinski definition) is 8. The van der Waals surface area contributed by atoms with Crippen LogP contribution in [0.4, 0.5) is 0 Å². The van der Waals surface area contributed by atoms with E-state index in [0.717, 1.165) is 48.1 Å². The Balaban J connectivity index is 1.45. The molecule has 4 rings (SSSR count). The summed E-state index contributed by atoms with van der Waals surface area (Å²) in [6, 6.07) is 17.0. The zero-order chi connectivity index (χ0) is 26.3. The SMILES string of the molecule is CCN1CCCCC(CC(=O)ONO)(NC(=O)c2ccc(OCc3cc(C)nc4ccccc34)cc2)C1. The number of likely N-dealkylation sites (tertiary alicyclic amines) is 1. The third-order valence-electron chi connectivity index (χ3n) is 6.81. The number of likely N-dealkylation sites (N-methyl/N-ethyl adjacent to an activating group) is 1. The predicted octanol–water partition coefficient (Wildman–Crippen LogP) is 3.92. The Labute approximate surface area is 216 Å². The fourth-order valence-corrected chi connectivity index (χ4v) is 5.00. The number of aromatic nitrogens is 1. The first kappa shape index (κ1) is 26.5. The van der Waals surface area contributed by atoms with Gasteiger partial charge < -0.3 is 19.8 Å². The average molecular weight is 507 g/mol. The van der Waals surface area contributed by atoms with E-state index >= 15 is 0 Å². The molecule has 0 aliphatic carbocycles. The summed E-state index contributed by atoms with van der Waals surface area (Å²) in [4.78, 5) is 36.8. The van der Waals surface area contributed by atoms with E-state index in [0.29, 0.717) is 30.9 Å². The summed E-state index contributed by atoms with van der Waals surface area (Å²) in [5.74, 6) is -0.262. The summed E-state index contributed by atoms with van der Waals surface area (Å²) in [7, 11) is 0. The molecule has 1 amide bonds. The van der Waals surface area contributed by atoms with Crippen LogP contribution in [0.15, 0.2) is 54.6 Å². The third kappa shape index (κ3) is 6.82. The molecule has 1 atom stereocenters. The number of nitrogens with zero attached hydrogens (tertiary/aromatic N) is 2. The van der Waals surface area contributed by atoms with Crippen molar-refractivity contribution < 1.29 is 24.4 Å². The lowest BCUT2D eigenvalue weighted by molar-refractivity contribution is -0.178. The van der Waals surface area contributed by atoms with Gasteiger partial charge in [0, 0.05) is 28.8 Å². The fourth-order valence-electron chi connectivity index (χ4n) is 5.00. The van der Waals surface area contributed by atoms with Crippen molar-refractivity contribution >= 4 is 22.8 Å². The molecular formula is C28H34N4O5. The quantitative estimate of drug-likeness (QED) is 0.374. The largest absolute Gasteiger partial charge is 0.489 e. The summed E-state index contributed by atoms with van der Waals surface area (Å²) in [5.41, 5.74) is 4.03. The van der Waals surface area contributed by atoms with E-state index in [1.54, 1.807) is 24.3 Å². The topological polar surface area (TPSA) is 113 Å². The Kier molecular flexibility index (Phi) is 8.70. The van der Waals surface area contributed by atoms with Crippen LogP contribution in [-0.4, -0.2) is 52.1 Å². The molecule has 3 N–H and O–H groups in total. The average Bonchev–Trinajstić information content (AvgIpc) is 3.09. The van der Waals surface area contributed by atoms with Gasteiger partial charge in [0.25, 0.3) is 5.91 Å². The van der Waals surface area contributed by atoms with E-state index in [1.807, 2.05) is 37.3 Å². The Hall–Kier alpha value is -3.53. The highest BCUT2D eigenvalue weighted by Gasteiger charge is 2.38. The van der Waals surface area contributed by atoms with E-state index in [1.165, 1.54) is 5.64 Å². The molecule has 9 heteroatoms. The normalized spacial score (nSPS) is 18.2. The number of ether oxygens (including phenoxy) is 1. The number of pyridine rings is 1. The number of nitrogens with one attached hydrogen (secondary N) is 2. The molecule has 3 aromatic rings. The van der Waals surface area contributed by atoms with Crippen LogP contribution >= 0.6 is 0 Å². The zero-order valence-electron chi connectivity index (χ0n) is 21.3. The number of rotatable bonds is 9. The Morgan fingerprint density at radius 2 is 1.92 bits per heavy atom. The minimum atomic E-state index is -0.799. The maximum Gasteiger partial charge on any atom is 0.330 e. The molecule has 2 aromatic carbocycles. The van der Waals surface area contributed by atoms with Gasteiger partial charge in [0.15, 0.2) is 0 Å². The second-order valence-electron chi connectivity index (χ2n) is 9.56. The molecule has 0 radical (unpaired) electrons. The summed E-state index contributed by atoms with van der Waals surface area (Å²) >= 11 is 0. The van der Waals surface area contributed by atoms with Gasteiger partial charge in [-0.3, -0.25) is 19.8 Å². The number of amides is 1. The van der Waals surface area contributed by atoms with Crippen molar-refractivity contribution in [2.24, 2.45) is 0 Å². The van der Waals surface area contributed by atoms with Crippen molar-refractivity contribution in [2.75, 3.05) is 19.6 Å². The van der Waals surface area contributed by atoms with E-state index in [2.05, 4.69) is 27.0 Å². The lowest BCUT2D eigenvalue weighted by atomic mass is 9.89. The van der Waals surface area contributed by atoms with E-state index < -0.39 is 11.5 Å². The highest BCUT2D eigenvalue weighted by molar-refractivity contribution is 5.95. The number of benzene rings is 2. The van der Waals surface area contributed by atoms with Crippen LogP contribution in [0.1, 0.15) is 54.2 Å². The molecule has 1 fully saturated rings. The van der Waals surface area contributed by atoms with Gasteiger partial charge in [-0.15, -0.1) is 0 Å². The summed E-state index contributed by atoms with van der Waals surface area (Å²) < 4.78 is 6.03. The number of carbonyl (C=O) groups excluding carboxylic acids is 2. The standard InChI is InChI=1S/C28H34N4O5/c1-3-32-15-7-6-14-28(19-32,17-26(33)37-31-35)30-27(34)21-10-12-23(13-11-21)36-18-22-16-20(2)29-25-9-5-4-8-24(22)25/h4-5,8-13,16,31,35H,3,6-7,14-15,17-19H2,1-2H3,(H,30,34). The second kappa shape index (κ2) is 12.1. The van der Waals surface area contributed by atoms with Crippen LogP contribution in [0.3, 0.4) is 0 Å². The van der Waals surface area contributed by atoms with Crippen LogP contribution in [0.5, 0.6) is 5.75 Å².